The van der Waals surface area contributed by atoms with Gasteiger partial charge in [0.25, 0.3) is 5.91 Å². The second kappa shape index (κ2) is 7.92. The van der Waals surface area contributed by atoms with E-state index in [1.807, 2.05) is 6.07 Å². The molecule has 10 heteroatoms. The minimum Gasteiger partial charge on any atom is -0.495 e. The van der Waals surface area contributed by atoms with Crippen LogP contribution in [0, 0.1) is 0 Å². The zero-order valence-electron chi connectivity index (χ0n) is 16.4. The molecule has 2 aromatic heterocycles. The Morgan fingerprint density at radius 2 is 1.97 bits per heavy atom. The van der Waals surface area contributed by atoms with Gasteiger partial charge in [0, 0.05) is 10.6 Å². The van der Waals surface area contributed by atoms with E-state index in [0.717, 1.165) is 10.6 Å². The van der Waals surface area contributed by atoms with Crippen LogP contribution >= 0.6 is 22.9 Å². The molecule has 0 aliphatic carbocycles. The van der Waals surface area contributed by atoms with Crippen molar-refractivity contribution in [2.24, 2.45) is 0 Å². The number of ether oxygens (including phenoxy) is 2. The summed E-state index contributed by atoms with van der Waals surface area (Å²) in [5, 5.41) is 16.5. The maximum Gasteiger partial charge on any atom is 0.268 e. The first-order valence-electron chi connectivity index (χ1n) is 8.97. The molecule has 0 bridgehead atoms. The minimum atomic E-state index is -1.14. The van der Waals surface area contributed by atoms with Gasteiger partial charge in [-0.15, -0.1) is 10.2 Å². The molecule has 0 aliphatic heterocycles. The van der Waals surface area contributed by atoms with E-state index in [2.05, 4.69) is 20.6 Å². The van der Waals surface area contributed by atoms with Crippen molar-refractivity contribution in [2.75, 3.05) is 12.4 Å². The van der Waals surface area contributed by atoms with Gasteiger partial charge in [-0.1, -0.05) is 22.9 Å². The number of carbonyl (C=O) groups excluding carboxylic acids is 1. The molecule has 4 aromatic rings. The number of benzene rings is 2. The van der Waals surface area contributed by atoms with E-state index >= 15 is 0 Å². The predicted molar refractivity (Wildman–Crippen MR) is 115 cm³/mol. The summed E-state index contributed by atoms with van der Waals surface area (Å²) in [4.78, 5) is 13.7. The molecule has 1 amide bonds. The normalized spacial score (nSPS) is 11.5. The van der Waals surface area contributed by atoms with Crippen LogP contribution in [0.25, 0.3) is 15.5 Å². The number of fused-ring (bicyclic) bond motifs is 1. The fourth-order valence-electron chi connectivity index (χ4n) is 2.73. The summed E-state index contributed by atoms with van der Waals surface area (Å²) < 4.78 is 12.9. The maximum absolute atomic E-state index is 13.0. The van der Waals surface area contributed by atoms with E-state index in [4.69, 9.17) is 21.1 Å². The highest BCUT2D eigenvalue weighted by molar-refractivity contribution is 7.19. The average Bonchev–Trinajstić information content (AvgIpc) is 3.32. The summed E-state index contributed by atoms with van der Waals surface area (Å²) in [5.74, 6) is 0.739. The number of rotatable bonds is 6. The fraction of sp³-hybridized carbons (Fsp3) is 0.200. The van der Waals surface area contributed by atoms with Crippen molar-refractivity contribution in [1.29, 1.82) is 0 Å². The average molecular weight is 444 g/mol. The highest BCUT2D eigenvalue weighted by Gasteiger charge is 2.31. The Labute approximate surface area is 181 Å². The van der Waals surface area contributed by atoms with E-state index in [-0.39, 0.29) is 5.91 Å². The Morgan fingerprint density at radius 1 is 1.20 bits per heavy atom. The van der Waals surface area contributed by atoms with Crippen LogP contribution in [-0.4, -0.2) is 38.4 Å². The third-order valence-corrected chi connectivity index (χ3v) is 5.53. The Balaban J connectivity index is 1.58. The van der Waals surface area contributed by atoms with Gasteiger partial charge < -0.3 is 14.8 Å². The zero-order chi connectivity index (χ0) is 21.3. The number of nitrogens with one attached hydrogen (secondary N) is 1. The topological polar surface area (TPSA) is 90.6 Å². The summed E-state index contributed by atoms with van der Waals surface area (Å²) >= 11 is 7.30. The van der Waals surface area contributed by atoms with Crippen LogP contribution in [0.5, 0.6) is 11.5 Å². The minimum absolute atomic E-state index is 0.328. The lowest BCUT2D eigenvalue weighted by Gasteiger charge is -2.26. The van der Waals surface area contributed by atoms with E-state index in [1.54, 1.807) is 61.9 Å². The van der Waals surface area contributed by atoms with Crippen LogP contribution in [-0.2, 0) is 4.79 Å². The van der Waals surface area contributed by atoms with E-state index < -0.39 is 5.60 Å². The molecule has 0 saturated carbocycles. The molecular formula is C20H18ClN5O3S. The Morgan fingerprint density at radius 3 is 2.67 bits per heavy atom. The molecular weight excluding hydrogens is 426 g/mol. The van der Waals surface area contributed by atoms with E-state index in [9.17, 15) is 4.79 Å². The molecule has 0 spiro atoms. The largest absolute Gasteiger partial charge is 0.495 e. The highest BCUT2D eigenvalue weighted by Crippen LogP contribution is 2.33. The molecule has 2 aromatic carbocycles. The van der Waals surface area contributed by atoms with Gasteiger partial charge in [0.05, 0.1) is 12.8 Å². The predicted octanol–water partition coefficient (Wildman–Crippen LogP) is 4.31. The van der Waals surface area contributed by atoms with Gasteiger partial charge in [0.2, 0.25) is 4.96 Å². The molecule has 0 unspecified atom stereocenters. The molecule has 2 heterocycles. The molecule has 0 atom stereocenters. The third kappa shape index (κ3) is 4.07. The first-order chi connectivity index (χ1) is 14.4. The van der Waals surface area contributed by atoms with E-state index in [0.29, 0.717) is 27.2 Å². The number of aromatic nitrogens is 4. The molecule has 4 rings (SSSR count). The van der Waals surface area contributed by atoms with Gasteiger partial charge in [-0.25, -0.2) is 0 Å². The van der Waals surface area contributed by atoms with Gasteiger partial charge in [-0.3, -0.25) is 4.79 Å². The molecule has 0 saturated heterocycles. The van der Waals surface area contributed by atoms with Gasteiger partial charge in [0.15, 0.2) is 5.60 Å². The summed E-state index contributed by atoms with van der Waals surface area (Å²) in [6.07, 6.45) is 1.54. The SMILES string of the molecule is COc1ccc(-c2nn3cnnc3s2)cc1NC(=O)C(C)(C)Oc1ccc(Cl)cc1. The molecule has 30 heavy (non-hydrogen) atoms. The van der Waals surface area contributed by atoms with E-state index in [1.165, 1.54) is 17.7 Å². The number of halogens is 1. The lowest BCUT2D eigenvalue weighted by Crippen LogP contribution is -2.42. The van der Waals surface area contributed by atoms with Crippen LogP contribution in [0.3, 0.4) is 0 Å². The smallest absolute Gasteiger partial charge is 0.268 e. The molecule has 8 nitrogen and oxygen atoms in total. The number of carbonyl (C=O) groups is 1. The number of hydrogen-bond donors (Lipinski definition) is 1. The van der Waals surface area contributed by atoms with Crippen molar-refractivity contribution >= 4 is 39.5 Å². The van der Waals surface area contributed by atoms with Crippen LogP contribution in [0.1, 0.15) is 13.8 Å². The monoisotopic (exact) mass is 443 g/mol. The number of methoxy groups -OCH3 is 1. The maximum atomic E-state index is 13.0. The standard InChI is InChI=1S/C20H18ClN5O3S/c1-20(2,29-14-7-5-13(21)6-8-14)18(27)23-15-10-12(4-9-16(15)28-3)17-25-26-11-22-24-19(26)30-17/h4-11H,1-3H3,(H,23,27). The van der Waals surface area contributed by atoms with Crippen LogP contribution < -0.4 is 14.8 Å². The third-order valence-electron chi connectivity index (χ3n) is 4.31. The van der Waals surface area contributed by atoms with Crippen LogP contribution in [0.4, 0.5) is 5.69 Å². The first-order valence-corrected chi connectivity index (χ1v) is 10.2. The van der Waals surface area contributed by atoms with Gasteiger partial charge in [-0.05, 0) is 56.3 Å². The summed E-state index contributed by atoms with van der Waals surface area (Å²) in [6.45, 7) is 3.38. The van der Waals surface area contributed by atoms with Crippen molar-refractivity contribution in [3.8, 4) is 22.1 Å². The highest BCUT2D eigenvalue weighted by atomic mass is 35.5. The van der Waals surface area contributed by atoms with Crippen molar-refractivity contribution in [1.82, 2.24) is 19.8 Å². The summed E-state index contributed by atoms with van der Waals surface area (Å²) in [7, 11) is 1.54. The van der Waals surface area contributed by atoms with Crippen molar-refractivity contribution in [2.45, 2.75) is 19.4 Å². The van der Waals surface area contributed by atoms with Gasteiger partial charge in [-0.2, -0.15) is 9.61 Å². The van der Waals surface area contributed by atoms with Crippen LogP contribution in [0.2, 0.25) is 5.02 Å². The number of hydrogen-bond acceptors (Lipinski definition) is 7. The van der Waals surface area contributed by atoms with Gasteiger partial charge >= 0.3 is 0 Å². The summed E-state index contributed by atoms with van der Waals surface area (Å²) in [5.41, 5.74) is 0.194. The zero-order valence-corrected chi connectivity index (χ0v) is 18.0. The number of amides is 1. The Bertz CT molecular complexity index is 1170. The fourth-order valence-corrected chi connectivity index (χ4v) is 3.67. The lowest BCUT2D eigenvalue weighted by atomic mass is 10.1. The molecule has 154 valence electrons. The quantitative estimate of drug-likeness (QED) is 0.477. The molecule has 0 aliphatic rings. The molecule has 1 N–H and O–H groups in total. The second-order valence-electron chi connectivity index (χ2n) is 6.90. The summed E-state index contributed by atoms with van der Waals surface area (Å²) in [6, 6.07) is 12.3. The van der Waals surface area contributed by atoms with Gasteiger partial charge in [0.1, 0.15) is 22.8 Å². The van der Waals surface area contributed by atoms with Crippen molar-refractivity contribution in [3.05, 3.63) is 53.8 Å². The lowest BCUT2D eigenvalue weighted by molar-refractivity contribution is -0.128. The second-order valence-corrected chi connectivity index (χ2v) is 8.29. The van der Waals surface area contributed by atoms with Crippen molar-refractivity contribution < 1.29 is 14.3 Å². The Kier molecular flexibility index (Phi) is 5.31. The van der Waals surface area contributed by atoms with Crippen molar-refractivity contribution in [3.63, 3.8) is 0 Å². The number of nitrogens with zero attached hydrogens (tertiary/aromatic N) is 4. The molecule has 0 fully saturated rings. The molecule has 0 radical (unpaired) electrons. The Hall–Kier alpha value is -3.17. The first kappa shape index (κ1) is 20.1. The van der Waals surface area contributed by atoms with Crippen LogP contribution in [0.15, 0.2) is 48.8 Å². The number of anilines is 1.